The Hall–Kier alpha value is -3.52. The summed E-state index contributed by atoms with van der Waals surface area (Å²) in [5.41, 5.74) is 3.53. The number of hydrogen-bond donors (Lipinski definition) is 0. The van der Waals surface area contributed by atoms with Crippen molar-refractivity contribution in [2.24, 2.45) is 0 Å². The van der Waals surface area contributed by atoms with Gasteiger partial charge in [0.15, 0.2) is 0 Å². The van der Waals surface area contributed by atoms with Crippen molar-refractivity contribution in [2.75, 3.05) is 21.3 Å². The highest BCUT2D eigenvalue weighted by atomic mass is 79.9. The second-order valence-electron chi connectivity index (χ2n) is 6.88. The minimum atomic E-state index is -0.521. The van der Waals surface area contributed by atoms with Crippen LogP contribution in [0.25, 0.3) is 22.5 Å². The smallest absolute Gasteiger partial charge is 0.373 e. The Labute approximate surface area is 193 Å². The molecule has 164 valence electrons. The lowest BCUT2D eigenvalue weighted by Crippen LogP contribution is -2.04. The van der Waals surface area contributed by atoms with E-state index >= 15 is 0 Å². The van der Waals surface area contributed by atoms with E-state index in [-0.39, 0.29) is 5.76 Å². The van der Waals surface area contributed by atoms with Gasteiger partial charge in [-0.15, -0.1) is 0 Å². The number of furan rings is 1. The minimum absolute atomic E-state index is 0.148. The monoisotopic (exact) mass is 496 g/mol. The molecule has 2 aromatic heterocycles. The summed E-state index contributed by atoms with van der Waals surface area (Å²) in [6.07, 6.45) is 0. The first-order valence-electron chi connectivity index (χ1n) is 9.76. The van der Waals surface area contributed by atoms with Crippen molar-refractivity contribution in [3.8, 4) is 34.0 Å². The molecule has 32 heavy (non-hydrogen) atoms. The van der Waals surface area contributed by atoms with Gasteiger partial charge in [-0.25, -0.2) is 4.79 Å². The van der Waals surface area contributed by atoms with Crippen LogP contribution in [0.4, 0.5) is 0 Å². The summed E-state index contributed by atoms with van der Waals surface area (Å²) in [5, 5.41) is 4.85. The van der Waals surface area contributed by atoms with Crippen molar-refractivity contribution in [2.45, 2.75) is 6.54 Å². The van der Waals surface area contributed by atoms with Crippen LogP contribution < -0.4 is 9.47 Å². The summed E-state index contributed by atoms with van der Waals surface area (Å²) in [4.78, 5) is 11.8. The number of methoxy groups -OCH3 is 3. The maximum atomic E-state index is 11.8. The zero-order valence-electron chi connectivity index (χ0n) is 17.8. The maximum absolute atomic E-state index is 11.8. The van der Waals surface area contributed by atoms with Gasteiger partial charge in [0.1, 0.15) is 23.0 Å². The number of hydrogen-bond acceptors (Lipinski definition) is 6. The fourth-order valence-electron chi connectivity index (χ4n) is 3.33. The highest BCUT2D eigenvalue weighted by molar-refractivity contribution is 9.10. The molecule has 0 saturated carbocycles. The summed E-state index contributed by atoms with van der Waals surface area (Å²) in [6, 6.07) is 18.8. The van der Waals surface area contributed by atoms with Crippen LogP contribution in [0.15, 0.2) is 69.6 Å². The van der Waals surface area contributed by atoms with Gasteiger partial charge in [-0.2, -0.15) is 5.10 Å². The topological polar surface area (TPSA) is 75.7 Å². The average Bonchev–Trinajstić information content (AvgIpc) is 3.43. The molecule has 0 aliphatic rings. The van der Waals surface area contributed by atoms with E-state index in [1.54, 1.807) is 26.4 Å². The van der Waals surface area contributed by atoms with E-state index in [2.05, 4.69) is 15.9 Å². The van der Waals surface area contributed by atoms with E-state index in [0.717, 1.165) is 38.5 Å². The molecule has 8 heteroatoms. The largest absolute Gasteiger partial charge is 0.497 e. The summed E-state index contributed by atoms with van der Waals surface area (Å²) in [7, 11) is 4.58. The molecule has 0 saturated heterocycles. The first kappa shape index (κ1) is 21.7. The third kappa shape index (κ3) is 4.27. The second-order valence-corrected chi connectivity index (χ2v) is 7.68. The normalized spacial score (nSPS) is 10.8. The van der Waals surface area contributed by atoms with E-state index < -0.39 is 5.97 Å². The molecule has 0 unspecified atom stereocenters. The Balaban J connectivity index is 1.78. The van der Waals surface area contributed by atoms with Gasteiger partial charge in [0.25, 0.3) is 0 Å². The highest BCUT2D eigenvalue weighted by Gasteiger charge is 2.21. The number of rotatable bonds is 7. The summed E-state index contributed by atoms with van der Waals surface area (Å²) < 4.78 is 23.6. The summed E-state index contributed by atoms with van der Waals surface area (Å²) in [5.74, 6) is 1.74. The number of aromatic nitrogens is 2. The Bertz CT molecular complexity index is 1230. The fraction of sp³-hybridized carbons (Fsp3) is 0.167. The fourth-order valence-corrected chi connectivity index (χ4v) is 4.08. The van der Waals surface area contributed by atoms with Crippen LogP contribution in [-0.2, 0) is 11.3 Å². The molecule has 0 atom stereocenters. The molecule has 0 radical (unpaired) electrons. The third-order valence-electron chi connectivity index (χ3n) is 4.98. The number of esters is 1. The van der Waals surface area contributed by atoms with Gasteiger partial charge in [0, 0.05) is 11.1 Å². The second kappa shape index (κ2) is 9.32. The van der Waals surface area contributed by atoms with Gasteiger partial charge in [-0.05, 0) is 76.6 Å². The highest BCUT2D eigenvalue weighted by Crippen LogP contribution is 2.38. The Morgan fingerprint density at radius 3 is 2.06 bits per heavy atom. The van der Waals surface area contributed by atoms with Crippen molar-refractivity contribution in [1.82, 2.24) is 9.78 Å². The number of carbonyl (C=O) groups excluding carboxylic acids is 1. The van der Waals surface area contributed by atoms with E-state index in [0.29, 0.717) is 12.3 Å². The molecular formula is C24H21BrN2O5. The number of carbonyl (C=O) groups is 1. The van der Waals surface area contributed by atoms with Crippen LogP contribution in [0.1, 0.15) is 16.3 Å². The lowest BCUT2D eigenvalue weighted by molar-refractivity contribution is 0.0563. The number of benzene rings is 2. The Morgan fingerprint density at radius 2 is 1.50 bits per heavy atom. The van der Waals surface area contributed by atoms with Crippen molar-refractivity contribution < 1.29 is 23.4 Å². The first-order valence-corrected chi connectivity index (χ1v) is 10.6. The Morgan fingerprint density at radius 1 is 0.906 bits per heavy atom. The average molecular weight is 497 g/mol. The standard InChI is InChI=1S/C24H21BrN2O5/c1-29-17-8-4-15(5-9-17)22-21(25)23(16-6-10-18(30-2)11-7-16)27(26-22)14-19-12-13-20(32-19)24(28)31-3/h4-13H,14H2,1-3H3. The van der Waals surface area contributed by atoms with Crippen LogP contribution in [0.5, 0.6) is 11.5 Å². The number of nitrogens with zero attached hydrogens (tertiary/aromatic N) is 2. The minimum Gasteiger partial charge on any atom is -0.497 e. The van der Waals surface area contributed by atoms with Crippen LogP contribution in [0.2, 0.25) is 0 Å². The van der Waals surface area contributed by atoms with Crippen molar-refractivity contribution in [3.05, 3.63) is 76.7 Å². The zero-order chi connectivity index (χ0) is 22.7. The molecule has 0 bridgehead atoms. The molecule has 0 aliphatic heterocycles. The first-order chi connectivity index (χ1) is 15.5. The Kier molecular flexibility index (Phi) is 6.32. The van der Waals surface area contributed by atoms with Gasteiger partial charge in [-0.3, -0.25) is 4.68 Å². The summed E-state index contributed by atoms with van der Waals surface area (Å²) >= 11 is 3.75. The van der Waals surface area contributed by atoms with Crippen molar-refractivity contribution in [3.63, 3.8) is 0 Å². The molecule has 7 nitrogen and oxygen atoms in total. The van der Waals surface area contributed by atoms with Crippen LogP contribution >= 0.6 is 15.9 Å². The molecule has 0 spiro atoms. The molecule has 0 fully saturated rings. The van der Waals surface area contributed by atoms with E-state index in [4.69, 9.17) is 23.7 Å². The van der Waals surface area contributed by atoms with Crippen LogP contribution in [0, 0.1) is 0 Å². The van der Waals surface area contributed by atoms with Crippen LogP contribution in [-0.4, -0.2) is 37.1 Å². The van der Waals surface area contributed by atoms with Gasteiger partial charge < -0.3 is 18.6 Å². The number of halogens is 1. The summed E-state index contributed by atoms with van der Waals surface area (Å²) in [6.45, 7) is 0.326. The van der Waals surface area contributed by atoms with E-state index in [9.17, 15) is 4.79 Å². The SMILES string of the molecule is COC(=O)c1ccc(Cn2nc(-c3ccc(OC)cc3)c(Br)c2-c2ccc(OC)cc2)o1. The molecule has 2 aromatic carbocycles. The van der Waals surface area contributed by atoms with Gasteiger partial charge in [0.05, 0.1) is 38.0 Å². The third-order valence-corrected chi connectivity index (χ3v) is 5.73. The van der Waals surface area contributed by atoms with Gasteiger partial charge in [0.2, 0.25) is 5.76 Å². The molecular weight excluding hydrogens is 476 g/mol. The van der Waals surface area contributed by atoms with Crippen molar-refractivity contribution in [1.29, 1.82) is 0 Å². The molecule has 0 N–H and O–H groups in total. The quantitative estimate of drug-likeness (QED) is 0.317. The molecule has 0 amide bonds. The molecule has 2 heterocycles. The zero-order valence-corrected chi connectivity index (χ0v) is 19.4. The van der Waals surface area contributed by atoms with Crippen molar-refractivity contribution >= 4 is 21.9 Å². The predicted octanol–water partition coefficient (Wildman–Crippen LogP) is 5.42. The lowest BCUT2D eigenvalue weighted by atomic mass is 10.1. The number of ether oxygens (including phenoxy) is 3. The van der Waals surface area contributed by atoms with E-state index in [1.807, 2.05) is 53.2 Å². The maximum Gasteiger partial charge on any atom is 0.373 e. The van der Waals surface area contributed by atoms with Gasteiger partial charge >= 0.3 is 5.97 Å². The molecule has 4 rings (SSSR count). The molecule has 4 aromatic rings. The lowest BCUT2D eigenvalue weighted by Gasteiger charge is -2.08. The van der Waals surface area contributed by atoms with Crippen LogP contribution in [0.3, 0.4) is 0 Å². The van der Waals surface area contributed by atoms with Gasteiger partial charge in [-0.1, -0.05) is 0 Å². The van der Waals surface area contributed by atoms with E-state index in [1.165, 1.54) is 7.11 Å². The predicted molar refractivity (Wildman–Crippen MR) is 123 cm³/mol. The molecule has 0 aliphatic carbocycles.